The number of fused-ring (bicyclic) bond motifs is 1. The summed E-state index contributed by atoms with van der Waals surface area (Å²) in [6, 6.07) is 1.13. The zero-order valence-electron chi connectivity index (χ0n) is 13.5. The highest BCUT2D eigenvalue weighted by Crippen LogP contribution is 2.29. The molecule has 1 aliphatic rings. The van der Waals surface area contributed by atoms with Gasteiger partial charge in [0.25, 0.3) is 0 Å². The molecule has 3 heterocycles. The number of ether oxygens (including phenoxy) is 2. The molecule has 1 aliphatic heterocycles. The summed E-state index contributed by atoms with van der Waals surface area (Å²) in [6.07, 6.45) is 1.02. The van der Waals surface area contributed by atoms with E-state index in [0.717, 1.165) is 12.3 Å². The molecule has 0 N–H and O–H groups in total. The van der Waals surface area contributed by atoms with E-state index < -0.39 is 15.8 Å². The first kappa shape index (κ1) is 17.8. The van der Waals surface area contributed by atoms with Gasteiger partial charge >= 0.3 is 5.97 Å². The predicted octanol–water partition coefficient (Wildman–Crippen LogP) is 0.705. The number of anilines is 1. The fourth-order valence-electron chi connectivity index (χ4n) is 2.52. The molecule has 0 aromatic carbocycles. The quantitative estimate of drug-likeness (QED) is 0.555. The zero-order valence-corrected chi connectivity index (χ0v) is 15.1. The van der Waals surface area contributed by atoms with Crippen LogP contribution < -0.4 is 4.90 Å². The number of hydrogen-bond donors (Lipinski definition) is 0. The maximum atomic E-state index is 12.2. The SMILES string of the molecule is COC(=O)c1cc(S(C)(=O)=O)c2nc(Cl)nc(N3CCOCC3)c2n1. The first-order chi connectivity index (χ1) is 11.8. The van der Waals surface area contributed by atoms with Gasteiger partial charge in [-0.05, 0) is 17.7 Å². The maximum Gasteiger partial charge on any atom is 0.356 e. The van der Waals surface area contributed by atoms with E-state index in [0.29, 0.717) is 32.1 Å². The normalized spacial score (nSPS) is 15.4. The Labute approximate surface area is 148 Å². The van der Waals surface area contributed by atoms with Gasteiger partial charge in [-0.1, -0.05) is 0 Å². The first-order valence-electron chi connectivity index (χ1n) is 7.30. The second kappa shape index (κ2) is 6.70. The number of hydrogen-bond acceptors (Lipinski definition) is 9. The van der Waals surface area contributed by atoms with Crippen LogP contribution >= 0.6 is 11.6 Å². The monoisotopic (exact) mass is 386 g/mol. The summed E-state index contributed by atoms with van der Waals surface area (Å²) < 4.78 is 34.4. The number of esters is 1. The molecule has 1 saturated heterocycles. The molecular formula is C14H15ClN4O5S. The second-order valence-corrected chi connectivity index (χ2v) is 7.70. The summed E-state index contributed by atoms with van der Waals surface area (Å²) >= 11 is 6.00. The van der Waals surface area contributed by atoms with Gasteiger partial charge in [-0.25, -0.2) is 23.2 Å². The average Bonchev–Trinajstić information content (AvgIpc) is 2.59. The molecule has 2 aromatic rings. The Hall–Kier alpha value is -2.04. The number of pyridine rings is 1. The van der Waals surface area contributed by atoms with E-state index >= 15 is 0 Å². The lowest BCUT2D eigenvalue weighted by atomic mass is 10.2. The van der Waals surface area contributed by atoms with E-state index in [-0.39, 0.29) is 26.9 Å². The Bertz CT molecular complexity index is 944. The van der Waals surface area contributed by atoms with Crippen molar-refractivity contribution in [2.75, 3.05) is 44.6 Å². The zero-order chi connectivity index (χ0) is 18.2. The van der Waals surface area contributed by atoms with Crippen LogP contribution in [0.4, 0.5) is 5.82 Å². The van der Waals surface area contributed by atoms with E-state index in [2.05, 4.69) is 19.7 Å². The molecule has 0 amide bonds. The summed E-state index contributed by atoms with van der Waals surface area (Å²) in [5.74, 6) is -0.399. The van der Waals surface area contributed by atoms with Crippen molar-refractivity contribution in [1.82, 2.24) is 15.0 Å². The van der Waals surface area contributed by atoms with Gasteiger partial charge in [0.05, 0.1) is 25.2 Å². The molecular weight excluding hydrogens is 372 g/mol. The van der Waals surface area contributed by atoms with Gasteiger partial charge in [-0.3, -0.25) is 0 Å². The lowest BCUT2D eigenvalue weighted by Gasteiger charge is -2.28. The highest BCUT2D eigenvalue weighted by atomic mass is 35.5. The van der Waals surface area contributed by atoms with Gasteiger partial charge in [0.1, 0.15) is 11.0 Å². The number of morpholine rings is 1. The van der Waals surface area contributed by atoms with E-state index in [9.17, 15) is 13.2 Å². The Morgan fingerprint density at radius 1 is 1.24 bits per heavy atom. The summed E-state index contributed by atoms with van der Waals surface area (Å²) in [5, 5.41) is -0.105. The van der Waals surface area contributed by atoms with Crippen LogP contribution in [0.15, 0.2) is 11.0 Å². The third kappa shape index (κ3) is 3.51. The van der Waals surface area contributed by atoms with E-state index in [4.69, 9.17) is 16.3 Å². The van der Waals surface area contributed by atoms with Crippen molar-refractivity contribution in [2.45, 2.75) is 4.90 Å². The first-order valence-corrected chi connectivity index (χ1v) is 9.57. The minimum atomic E-state index is -3.70. The average molecular weight is 387 g/mol. The molecule has 0 saturated carbocycles. The van der Waals surface area contributed by atoms with Crippen molar-refractivity contribution in [2.24, 2.45) is 0 Å². The fourth-order valence-corrected chi connectivity index (χ4v) is 3.51. The molecule has 0 aliphatic carbocycles. The molecule has 11 heteroatoms. The largest absolute Gasteiger partial charge is 0.464 e. The van der Waals surface area contributed by atoms with Crippen molar-refractivity contribution in [1.29, 1.82) is 0 Å². The third-order valence-corrected chi connectivity index (χ3v) is 4.96. The van der Waals surface area contributed by atoms with Crippen LogP contribution in [-0.4, -0.2) is 69.0 Å². The lowest BCUT2D eigenvalue weighted by Crippen LogP contribution is -2.37. The van der Waals surface area contributed by atoms with E-state index in [1.807, 2.05) is 4.90 Å². The van der Waals surface area contributed by atoms with Crippen LogP contribution in [0.2, 0.25) is 5.28 Å². The number of nitrogens with zero attached hydrogens (tertiary/aromatic N) is 4. The number of rotatable bonds is 3. The van der Waals surface area contributed by atoms with Crippen molar-refractivity contribution in [3.05, 3.63) is 17.0 Å². The van der Waals surface area contributed by atoms with Crippen LogP contribution in [0.25, 0.3) is 11.0 Å². The molecule has 0 atom stereocenters. The Balaban J connectivity index is 2.35. The molecule has 0 unspecified atom stereocenters. The summed E-state index contributed by atoms with van der Waals surface area (Å²) in [7, 11) is -2.51. The topological polar surface area (TPSA) is 112 Å². The molecule has 3 rings (SSSR count). The smallest absolute Gasteiger partial charge is 0.356 e. The van der Waals surface area contributed by atoms with Crippen LogP contribution in [-0.2, 0) is 19.3 Å². The Morgan fingerprint density at radius 3 is 2.52 bits per heavy atom. The Morgan fingerprint density at radius 2 is 1.92 bits per heavy atom. The van der Waals surface area contributed by atoms with E-state index in [1.165, 1.54) is 7.11 Å². The molecule has 25 heavy (non-hydrogen) atoms. The highest BCUT2D eigenvalue weighted by molar-refractivity contribution is 7.91. The number of carbonyl (C=O) groups is 1. The minimum absolute atomic E-state index is 0.0663. The van der Waals surface area contributed by atoms with Gasteiger partial charge in [0, 0.05) is 19.3 Å². The third-order valence-electron chi connectivity index (χ3n) is 3.68. The van der Waals surface area contributed by atoms with E-state index in [1.54, 1.807) is 0 Å². The number of sulfone groups is 1. The van der Waals surface area contributed by atoms with Crippen molar-refractivity contribution in [3.63, 3.8) is 0 Å². The number of aromatic nitrogens is 3. The van der Waals surface area contributed by atoms with Gasteiger partial charge in [-0.15, -0.1) is 0 Å². The van der Waals surface area contributed by atoms with Gasteiger partial charge in [0.2, 0.25) is 5.28 Å². The van der Waals surface area contributed by atoms with Crippen molar-refractivity contribution in [3.8, 4) is 0 Å². The lowest BCUT2D eigenvalue weighted by molar-refractivity contribution is 0.0594. The molecule has 2 aromatic heterocycles. The minimum Gasteiger partial charge on any atom is -0.464 e. The van der Waals surface area contributed by atoms with Gasteiger partial charge in [-0.2, -0.15) is 4.98 Å². The van der Waals surface area contributed by atoms with Crippen molar-refractivity contribution < 1.29 is 22.7 Å². The van der Waals surface area contributed by atoms with Crippen LogP contribution in [0.5, 0.6) is 0 Å². The number of methoxy groups -OCH3 is 1. The van der Waals surface area contributed by atoms with Crippen LogP contribution in [0.3, 0.4) is 0 Å². The molecule has 0 radical (unpaired) electrons. The molecule has 1 fully saturated rings. The molecule has 0 spiro atoms. The molecule has 0 bridgehead atoms. The van der Waals surface area contributed by atoms with Crippen LogP contribution in [0.1, 0.15) is 10.5 Å². The summed E-state index contributed by atoms with van der Waals surface area (Å²) in [5.41, 5.74) is 0.0992. The standard InChI is InChI=1S/C14H15ClN4O5S/c1-23-13(20)8-7-9(25(2,21)22)10-11(16-8)12(18-14(15)17-10)19-3-5-24-6-4-19/h7H,3-6H2,1-2H3. The van der Waals surface area contributed by atoms with Crippen molar-refractivity contribution >= 4 is 44.3 Å². The summed E-state index contributed by atoms with van der Waals surface area (Å²) in [4.78, 5) is 26.1. The van der Waals surface area contributed by atoms with Gasteiger partial charge in [0.15, 0.2) is 21.3 Å². The summed E-state index contributed by atoms with van der Waals surface area (Å²) in [6.45, 7) is 2.03. The number of carbonyl (C=O) groups excluding carboxylic acids is 1. The molecule has 134 valence electrons. The fraction of sp³-hybridized carbons (Fsp3) is 0.429. The maximum absolute atomic E-state index is 12.2. The van der Waals surface area contributed by atoms with Gasteiger partial charge < -0.3 is 14.4 Å². The Kier molecular flexibility index (Phi) is 4.76. The second-order valence-electron chi connectivity index (χ2n) is 5.38. The van der Waals surface area contributed by atoms with Crippen LogP contribution in [0, 0.1) is 0 Å². The molecule has 9 nitrogen and oxygen atoms in total. The predicted molar refractivity (Wildman–Crippen MR) is 89.8 cm³/mol. The highest BCUT2D eigenvalue weighted by Gasteiger charge is 2.25. The number of halogens is 1.